The van der Waals surface area contributed by atoms with Gasteiger partial charge in [-0.05, 0) is 48.6 Å². The standard InChI is InChI=1S/C12H17NO2/c1-14-11-6-9-5-8(3-4-13)10(9)7-12(11)15-2/h6-8H,3-5,13H2,1-2H3/t8-/m0/s1. The van der Waals surface area contributed by atoms with Crippen LogP contribution in [-0.4, -0.2) is 20.8 Å². The Labute approximate surface area is 90.2 Å². The minimum absolute atomic E-state index is 0.616. The summed E-state index contributed by atoms with van der Waals surface area (Å²) < 4.78 is 10.5. The van der Waals surface area contributed by atoms with Crippen molar-refractivity contribution < 1.29 is 9.47 Å². The summed E-state index contributed by atoms with van der Waals surface area (Å²) in [5.74, 6) is 2.25. The molecule has 1 atom stereocenters. The molecule has 0 heterocycles. The van der Waals surface area contributed by atoms with E-state index in [0.29, 0.717) is 5.92 Å². The van der Waals surface area contributed by atoms with Crippen LogP contribution in [0.4, 0.5) is 0 Å². The van der Waals surface area contributed by atoms with E-state index in [1.165, 1.54) is 11.1 Å². The molecule has 1 aromatic rings. The quantitative estimate of drug-likeness (QED) is 0.817. The Morgan fingerprint density at radius 1 is 1.27 bits per heavy atom. The average molecular weight is 207 g/mol. The molecule has 2 N–H and O–H groups in total. The van der Waals surface area contributed by atoms with Gasteiger partial charge in [-0.15, -0.1) is 0 Å². The fraction of sp³-hybridized carbons (Fsp3) is 0.500. The summed E-state index contributed by atoms with van der Waals surface area (Å²) in [6.07, 6.45) is 2.18. The van der Waals surface area contributed by atoms with E-state index in [1.54, 1.807) is 14.2 Å². The minimum Gasteiger partial charge on any atom is -0.493 e. The van der Waals surface area contributed by atoms with Gasteiger partial charge in [0.15, 0.2) is 11.5 Å². The predicted octanol–water partition coefficient (Wildman–Crippen LogP) is 1.69. The summed E-state index contributed by atoms with van der Waals surface area (Å²) in [7, 11) is 3.33. The minimum atomic E-state index is 0.616. The molecular weight excluding hydrogens is 190 g/mol. The van der Waals surface area contributed by atoms with Gasteiger partial charge < -0.3 is 15.2 Å². The maximum absolute atomic E-state index is 5.57. The highest BCUT2D eigenvalue weighted by atomic mass is 16.5. The Bertz CT molecular complexity index is 363. The van der Waals surface area contributed by atoms with Crippen molar-refractivity contribution in [3.05, 3.63) is 23.3 Å². The first kappa shape index (κ1) is 10.3. The van der Waals surface area contributed by atoms with Gasteiger partial charge in [-0.25, -0.2) is 0 Å². The molecule has 0 fully saturated rings. The predicted molar refractivity (Wildman–Crippen MR) is 59.7 cm³/mol. The molecule has 82 valence electrons. The number of nitrogens with two attached hydrogens (primary N) is 1. The first-order valence-corrected chi connectivity index (χ1v) is 5.25. The van der Waals surface area contributed by atoms with Crippen LogP contribution in [0.15, 0.2) is 12.1 Å². The van der Waals surface area contributed by atoms with Crippen molar-refractivity contribution in [3.8, 4) is 11.5 Å². The lowest BCUT2D eigenvalue weighted by Gasteiger charge is -2.31. The number of benzene rings is 1. The van der Waals surface area contributed by atoms with Crippen LogP contribution in [0.3, 0.4) is 0 Å². The van der Waals surface area contributed by atoms with E-state index in [9.17, 15) is 0 Å². The number of hydrogen-bond donors (Lipinski definition) is 1. The summed E-state index contributed by atoms with van der Waals surface area (Å²) in [5.41, 5.74) is 8.31. The zero-order valence-electron chi connectivity index (χ0n) is 9.25. The van der Waals surface area contributed by atoms with Gasteiger partial charge in [-0.2, -0.15) is 0 Å². The Morgan fingerprint density at radius 3 is 2.53 bits per heavy atom. The fourth-order valence-electron chi connectivity index (χ4n) is 2.20. The van der Waals surface area contributed by atoms with Crippen molar-refractivity contribution in [2.24, 2.45) is 5.73 Å². The second-order valence-corrected chi connectivity index (χ2v) is 3.88. The molecule has 0 aliphatic heterocycles. The third kappa shape index (κ3) is 1.67. The molecule has 1 aromatic carbocycles. The van der Waals surface area contributed by atoms with E-state index in [0.717, 1.165) is 30.9 Å². The smallest absolute Gasteiger partial charge is 0.161 e. The topological polar surface area (TPSA) is 44.5 Å². The maximum Gasteiger partial charge on any atom is 0.161 e. The lowest BCUT2D eigenvalue weighted by Crippen LogP contribution is -2.20. The SMILES string of the molecule is COc1cc2c(cc1OC)[C@@H](CCN)C2. The highest BCUT2D eigenvalue weighted by molar-refractivity contribution is 5.53. The molecule has 3 heteroatoms. The van der Waals surface area contributed by atoms with Crippen LogP contribution in [0.1, 0.15) is 23.5 Å². The first-order chi connectivity index (χ1) is 7.30. The molecule has 2 rings (SSSR count). The van der Waals surface area contributed by atoms with Crippen LogP contribution in [-0.2, 0) is 6.42 Å². The van der Waals surface area contributed by atoms with Gasteiger partial charge >= 0.3 is 0 Å². The van der Waals surface area contributed by atoms with Gasteiger partial charge in [0.2, 0.25) is 0 Å². The molecule has 0 saturated heterocycles. The third-order valence-corrected chi connectivity index (χ3v) is 3.07. The summed E-state index contributed by atoms with van der Waals surface area (Å²) in [4.78, 5) is 0. The number of ether oxygens (including phenoxy) is 2. The maximum atomic E-state index is 5.57. The van der Waals surface area contributed by atoms with E-state index in [4.69, 9.17) is 15.2 Å². The third-order valence-electron chi connectivity index (χ3n) is 3.07. The van der Waals surface area contributed by atoms with Gasteiger partial charge in [0.1, 0.15) is 0 Å². The number of methoxy groups -OCH3 is 2. The van der Waals surface area contributed by atoms with Gasteiger partial charge in [0.05, 0.1) is 14.2 Å². The highest BCUT2D eigenvalue weighted by Gasteiger charge is 2.27. The molecule has 0 spiro atoms. The molecule has 3 nitrogen and oxygen atoms in total. The van der Waals surface area contributed by atoms with Crippen LogP contribution in [0.2, 0.25) is 0 Å². The van der Waals surface area contributed by atoms with Crippen molar-refractivity contribution in [2.45, 2.75) is 18.8 Å². The Hall–Kier alpha value is -1.22. The van der Waals surface area contributed by atoms with E-state index in [1.807, 2.05) is 0 Å². The second kappa shape index (κ2) is 4.11. The zero-order valence-corrected chi connectivity index (χ0v) is 9.25. The highest BCUT2D eigenvalue weighted by Crippen LogP contribution is 2.43. The van der Waals surface area contributed by atoms with E-state index < -0.39 is 0 Å². The lowest BCUT2D eigenvalue weighted by atomic mass is 9.75. The molecule has 1 aliphatic rings. The Balaban J connectivity index is 2.28. The molecule has 0 saturated carbocycles. The second-order valence-electron chi connectivity index (χ2n) is 3.88. The van der Waals surface area contributed by atoms with Gasteiger partial charge in [-0.3, -0.25) is 0 Å². The molecule has 1 aliphatic carbocycles. The molecule has 15 heavy (non-hydrogen) atoms. The van der Waals surface area contributed by atoms with Crippen molar-refractivity contribution in [2.75, 3.05) is 20.8 Å². The summed E-state index contributed by atoms with van der Waals surface area (Å²) in [6.45, 7) is 0.748. The van der Waals surface area contributed by atoms with Crippen molar-refractivity contribution in [1.82, 2.24) is 0 Å². The van der Waals surface area contributed by atoms with E-state index in [-0.39, 0.29) is 0 Å². The van der Waals surface area contributed by atoms with Crippen LogP contribution in [0.25, 0.3) is 0 Å². The van der Waals surface area contributed by atoms with Crippen LogP contribution in [0.5, 0.6) is 11.5 Å². The normalized spacial score (nSPS) is 17.9. The molecule has 0 unspecified atom stereocenters. The number of rotatable bonds is 4. The van der Waals surface area contributed by atoms with Crippen molar-refractivity contribution in [3.63, 3.8) is 0 Å². The molecule has 0 aromatic heterocycles. The molecular formula is C12H17NO2. The summed E-state index contributed by atoms with van der Waals surface area (Å²) in [5, 5.41) is 0. The number of fused-ring (bicyclic) bond motifs is 1. The Kier molecular flexibility index (Phi) is 2.82. The Morgan fingerprint density at radius 2 is 1.93 bits per heavy atom. The first-order valence-electron chi connectivity index (χ1n) is 5.25. The van der Waals surface area contributed by atoms with E-state index >= 15 is 0 Å². The monoisotopic (exact) mass is 207 g/mol. The van der Waals surface area contributed by atoms with Crippen LogP contribution >= 0.6 is 0 Å². The van der Waals surface area contributed by atoms with Crippen LogP contribution < -0.4 is 15.2 Å². The molecule has 0 radical (unpaired) electrons. The molecule has 0 bridgehead atoms. The largest absolute Gasteiger partial charge is 0.493 e. The fourth-order valence-corrected chi connectivity index (χ4v) is 2.20. The number of hydrogen-bond acceptors (Lipinski definition) is 3. The molecule has 0 amide bonds. The van der Waals surface area contributed by atoms with Gasteiger partial charge in [0, 0.05) is 0 Å². The van der Waals surface area contributed by atoms with Crippen molar-refractivity contribution >= 4 is 0 Å². The van der Waals surface area contributed by atoms with Gasteiger partial charge in [0.25, 0.3) is 0 Å². The summed E-state index contributed by atoms with van der Waals surface area (Å²) >= 11 is 0. The lowest BCUT2D eigenvalue weighted by molar-refractivity contribution is 0.351. The van der Waals surface area contributed by atoms with Crippen LogP contribution in [0, 0.1) is 0 Å². The van der Waals surface area contributed by atoms with E-state index in [2.05, 4.69) is 12.1 Å². The van der Waals surface area contributed by atoms with Gasteiger partial charge in [-0.1, -0.05) is 0 Å². The summed E-state index contributed by atoms with van der Waals surface area (Å²) in [6, 6.07) is 4.15. The average Bonchev–Trinajstić information content (AvgIpc) is 2.25. The van der Waals surface area contributed by atoms with Crippen molar-refractivity contribution in [1.29, 1.82) is 0 Å². The zero-order chi connectivity index (χ0) is 10.8.